The summed E-state index contributed by atoms with van der Waals surface area (Å²) in [5, 5.41) is 11.4. The van der Waals surface area contributed by atoms with Crippen molar-refractivity contribution in [2.24, 2.45) is 11.3 Å². The van der Waals surface area contributed by atoms with Crippen molar-refractivity contribution in [3.05, 3.63) is 33.9 Å². The van der Waals surface area contributed by atoms with Crippen molar-refractivity contribution < 1.29 is 33.5 Å². The van der Waals surface area contributed by atoms with Crippen LogP contribution in [0.1, 0.15) is 57.4 Å². The lowest BCUT2D eigenvalue weighted by Crippen LogP contribution is -2.68. The maximum Gasteiger partial charge on any atom is 0.329 e. The number of carbonyl (C=O) groups is 3. The molecule has 3 aliphatic heterocycles. The summed E-state index contributed by atoms with van der Waals surface area (Å²) in [5.74, 6) is -3.39. The largest absolute Gasteiger partial charge is 0.466 e. The van der Waals surface area contributed by atoms with Crippen molar-refractivity contribution in [2.75, 3.05) is 18.1 Å². The number of nitro groups is 1. The van der Waals surface area contributed by atoms with Gasteiger partial charge in [0, 0.05) is 43.6 Å². The fourth-order valence-electron chi connectivity index (χ4n) is 6.06. The first kappa shape index (κ1) is 22.6. The molecule has 0 bridgehead atoms. The third-order valence-electron chi connectivity index (χ3n) is 7.75. The van der Waals surface area contributed by atoms with Gasteiger partial charge in [0.05, 0.1) is 23.5 Å². The molecule has 1 aliphatic carbocycles. The molecule has 10 heteroatoms. The van der Waals surface area contributed by atoms with Gasteiger partial charge in [-0.25, -0.2) is 0 Å². The monoisotopic (exact) mass is 472 g/mol. The first-order valence-corrected chi connectivity index (χ1v) is 12.0. The summed E-state index contributed by atoms with van der Waals surface area (Å²) >= 11 is 0. The molecular formula is C24H28N2O8. The lowest BCUT2D eigenvalue weighted by atomic mass is 9.66. The van der Waals surface area contributed by atoms with Crippen LogP contribution in [0.15, 0.2) is 18.2 Å². The molecule has 3 fully saturated rings. The standard InChI is InChI=1S/C24H28N2O8/c1-2-32-20(27)15-8-11-25-18-7-6-17(26(30)31)12-16(18)14-24(19(25)13-15)21(28)33-23(34-22(24)29)9-4-3-5-10-23/h6-7,12,15,19H,2-5,8-11,13-14H2,1H3/t15-,19-/m0/s1. The zero-order valence-corrected chi connectivity index (χ0v) is 19.1. The maximum atomic E-state index is 13.7. The minimum atomic E-state index is -1.70. The molecule has 2 saturated heterocycles. The number of piperidine rings is 1. The van der Waals surface area contributed by atoms with Gasteiger partial charge < -0.3 is 19.1 Å². The summed E-state index contributed by atoms with van der Waals surface area (Å²) in [5.41, 5.74) is -0.568. The van der Waals surface area contributed by atoms with Gasteiger partial charge in [-0.3, -0.25) is 24.5 Å². The summed E-state index contributed by atoms with van der Waals surface area (Å²) in [6.45, 7) is 2.37. The Balaban J connectivity index is 1.57. The van der Waals surface area contributed by atoms with Gasteiger partial charge in [0.2, 0.25) is 0 Å². The number of esters is 3. The van der Waals surface area contributed by atoms with E-state index in [0.29, 0.717) is 31.4 Å². The molecule has 2 spiro atoms. The molecule has 0 aromatic heterocycles. The van der Waals surface area contributed by atoms with Crippen molar-refractivity contribution in [1.82, 2.24) is 0 Å². The normalized spacial score (nSPS) is 26.8. The Bertz CT molecular complexity index is 1030. The number of nitrogens with zero attached hydrogens (tertiary/aromatic N) is 2. The fourth-order valence-corrected chi connectivity index (χ4v) is 6.06. The Morgan fingerprint density at radius 3 is 2.56 bits per heavy atom. The van der Waals surface area contributed by atoms with Crippen LogP contribution in [0.25, 0.3) is 0 Å². The molecule has 0 unspecified atom stereocenters. The van der Waals surface area contributed by atoms with Crippen LogP contribution in [0.4, 0.5) is 11.4 Å². The molecule has 1 saturated carbocycles. The number of benzene rings is 1. The van der Waals surface area contributed by atoms with Crippen LogP contribution in [-0.2, 0) is 35.0 Å². The molecule has 182 valence electrons. The first-order chi connectivity index (χ1) is 16.3. The fraction of sp³-hybridized carbons (Fsp3) is 0.625. The van der Waals surface area contributed by atoms with Crippen LogP contribution >= 0.6 is 0 Å². The van der Waals surface area contributed by atoms with Crippen molar-refractivity contribution in [2.45, 2.75) is 70.1 Å². The van der Waals surface area contributed by atoms with E-state index in [4.69, 9.17) is 14.2 Å². The van der Waals surface area contributed by atoms with E-state index in [2.05, 4.69) is 0 Å². The second-order valence-electron chi connectivity index (χ2n) is 9.65. The first-order valence-electron chi connectivity index (χ1n) is 12.0. The van der Waals surface area contributed by atoms with Crippen LogP contribution in [0.5, 0.6) is 0 Å². The van der Waals surface area contributed by atoms with Gasteiger partial charge in [-0.05, 0) is 44.2 Å². The highest BCUT2D eigenvalue weighted by Gasteiger charge is 2.66. The Hall–Kier alpha value is -3.17. The van der Waals surface area contributed by atoms with Crippen molar-refractivity contribution in [3.8, 4) is 0 Å². The van der Waals surface area contributed by atoms with Crippen molar-refractivity contribution in [3.63, 3.8) is 0 Å². The number of fused-ring (bicyclic) bond motifs is 4. The maximum absolute atomic E-state index is 13.7. The van der Waals surface area contributed by atoms with Crippen LogP contribution < -0.4 is 4.90 Å². The predicted molar refractivity (Wildman–Crippen MR) is 118 cm³/mol. The topological polar surface area (TPSA) is 125 Å². The summed E-state index contributed by atoms with van der Waals surface area (Å²) < 4.78 is 17.0. The highest BCUT2D eigenvalue weighted by Crippen LogP contribution is 2.52. The third kappa shape index (κ3) is 3.42. The van der Waals surface area contributed by atoms with E-state index in [1.165, 1.54) is 12.1 Å². The molecule has 0 amide bonds. The SMILES string of the molecule is CCOC(=O)[C@H]1CCN2c3ccc([N+](=O)[O-])cc3CC3(C(=O)OC4(CCCCC4)OC3=O)[C@@H]2C1. The molecule has 10 nitrogen and oxygen atoms in total. The molecule has 0 radical (unpaired) electrons. The van der Waals surface area contributed by atoms with Gasteiger partial charge >= 0.3 is 17.9 Å². The van der Waals surface area contributed by atoms with Gasteiger partial charge in [0.1, 0.15) is 0 Å². The van der Waals surface area contributed by atoms with Gasteiger partial charge in [-0.2, -0.15) is 0 Å². The van der Waals surface area contributed by atoms with Crippen molar-refractivity contribution >= 4 is 29.3 Å². The minimum absolute atomic E-state index is 0.0749. The summed E-state index contributed by atoms with van der Waals surface area (Å²) in [7, 11) is 0. The molecule has 4 aliphatic rings. The lowest BCUT2D eigenvalue weighted by molar-refractivity contribution is -0.384. The third-order valence-corrected chi connectivity index (χ3v) is 7.75. The molecule has 1 aromatic carbocycles. The van der Waals surface area contributed by atoms with E-state index < -0.39 is 40.0 Å². The predicted octanol–water partition coefficient (Wildman–Crippen LogP) is 3.05. The second kappa shape index (κ2) is 8.25. The number of hydrogen-bond donors (Lipinski definition) is 0. The van der Waals surface area contributed by atoms with Gasteiger partial charge in [0.15, 0.2) is 5.41 Å². The average Bonchev–Trinajstić information content (AvgIpc) is 2.82. The highest BCUT2D eigenvalue weighted by atomic mass is 16.7. The summed E-state index contributed by atoms with van der Waals surface area (Å²) in [4.78, 5) is 52.9. The van der Waals surface area contributed by atoms with Crippen molar-refractivity contribution in [1.29, 1.82) is 0 Å². The molecule has 5 rings (SSSR count). The quantitative estimate of drug-likeness (QED) is 0.282. The number of carbonyl (C=O) groups excluding carboxylic acids is 3. The van der Waals surface area contributed by atoms with E-state index in [1.54, 1.807) is 13.0 Å². The number of hydrogen-bond acceptors (Lipinski definition) is 9. The molecule has 3 heterocycles. The van der Waals surface area contributed by atoms with Gasteiger partial charge in [-0.15, -0.1) is 0 Å². The Morgan fingerprint density at radius 1 is 1.21 bits per heavy atom. The van der Waals surface area contributed by atoms with E-state index in [-0.39, 0.29) is 31.1 Å². The minimum Gasteiger partial charge on any atom is -0.466 e. The van der Waals surface area contributed by atoms with E-state index >= 15 is 0 Å². The Morgan fingerprint density at radius 2 is 1.91 bits per heavy atom. The molecular weight excluding hydrogens is 444 g/mol. The van der Waals surface area contributed by atoms with Crippen LogP contribution in [0.3, 0.4) is 0 Å². The van der Waals surface area contributed by atoms with Crippen LogP contribution in [-0.4, -0.2) is 47.8 Å². The second-order valence-corrected chi connectivity index (χ2v) is 9.65. The molecule has 0 N–H and O–H groups in total. The lowest BCUT2D eigenvalue weighted by Gasteiger charge is -2.55. The van der Waals surface area contributed by atoms with Gasteiger partial charge in [0.25, 0.3) is 11.5 Å². The summed E-state index contributed by atoms with van der Waals surface area (Å²) in [6, 6.07) is 3.81. The smallest absolute Gasteiger partial charge is 0.329 e. The zero-order chi connectivity index (χ0) is 24.1. The van der Waals surface area contributed by atoms with E-state index in [9.17, 15) is 24.5 Å². The van der Waals surface area contributed by atoms with E-state index in [1.807, 2.05) is 4.90 Å². The number of nitro benzene ring substituents is 1. The molecule has 34 heavy (non-hydrogen) atoms. The Labute approximate surface area is 196 Å². The molecule has 2 atom stereocenters. The van der Waals surface area contributed by atoms with Gasteiger partial charge in [-0.1, -0.05) is 6.42 Å². The number of ether oxygens (including phenoxy) is 3. The number of anilines is 1. The number of rotatable bonds is 3. The summed E-state index contributed by atoms with van der Waals surface area (Å²) in [6.07, 6.45) is 4.13. The highest BCUT2D eigenvalue weighted by molar-refractivity contribution is 6.04. The zero-order valence-electron chi connectivity index (χ0n) is 19.1. The van der Waals surface area contributed by atoms with Crippen LogP contribution in [0, 0.1) is 21.4 Å². The number of non-ortho nitro benzene ring substituents is 1. The Kier molecular flexibility index (Phi) is 5.49. The van der Waals surface area contributed by atoms with Crippen LogP contribution in [0.2, 0.25) is 0 Å². The molecule has 1 aromatic rings. The van der Waals surface area contributed by atoms with E-state index in [0.717, 1.165) is 24.9 Å². The average molecular weight is 472 g/mol.